The number of likely N-dealkylation sites (tertiary alicyclic amines) is 1. The topological polar surface area (TPSA) is 71.7 Å². The van der Waals surface area contributed by atoms with Crippen molar-refractivity contribution in [2.24, 2.45) is 5.92 Å². The van der Waals surface area contributed by atoms with Crippen molar-refractivity contribution in [3.05, 3.63) is 22.5 Å². The van der Waals surface area contributed by atoms with Gasteiger partial charge in [-0.2, -0.15) is 0 Å². The molecule has 2 amide bonds. The molecule has 0 spiro atoms. The summed E-state index contributed by atoms with van der Waals surface area (Å²) in [7, 11) is 0. The number of amides is 2. The minimum Gasteiger partial charge on any atom is -0.356 e. The van der Waals surface area contributed by atoms with Crippen molar-refractivity contribution in [2.75, 3.05) is 58.9 Å². The van der Waals surface area contributed by atoms with E-state index in [4.69, 9.17) is 0 Å². The Morgan fingerprint density at radius 1 is 1.03 bits per heavy atom. The summed E-state index contributed by atoms with van der Waals surface area (Å²) < 4.78 is 0. The van der Waals surface area contributed by atoms with Crippen molar-refractivity contribution < 1.29 is 9.59 Å². The fourth-order valence-electron chi connectivity index (χ4n) is 4.58. The highest BCUT2D eigenvalue weighted by atomic mass is 16.2. The van der Waals surface area contributed by atoms with Crippen LogP contribution in [0.5, 0.6) is 0 Å². The molecular formula is C23H39N5O2. The molecule has 1 aromatic heterocycles. The van der Waals surface area contributed by atoms with Crippen LogP contribution in [0.15, 0.2) is 0 Å². The van der Waals surface area contributed by atoms with E-state index in [0.717, 1.165) is 81.9 Å². The van der Waals surface area contributed by atoms with Gasteiger partial charge in [-0.1, -0.05) is 6.92 Å². The summed E-state index contributed by atoms with van der Waals surface area (Å²) in [5.41, 5.74) is 3.87. The smallest absolute Gasteiger partial charge is 0.270 e. The lowest BCUT2D eigenvalue weighted by atomic mass is 9.96. The van der Waals surface area contributed by atoms with Crippen molar-refractivity contribution in [2.45, 2.75) is 47.0 Å². The number of H-pyrrole nitrogens is 1. The second-order valence-electron chi connectivity index (χ2n) is 8.89. The zero-order chi connectivity index (χ0) is 21.7. The lowest BCUT2D eigenvalue weighted by Crippen LogP contribution is -2.47. The number of aromatic amines is 1. The van der Waals surface area contributed by atoms with Crippen LogP contribution in [-0.4, -0.2) is 90.4 Å². The van der Waals surface area contributed by atoms with Gasteiger partial charge in [0.1, 0.15) is 5.69 Å². The number of aromatic nitrogens is 1. The van der Waals surface area contributed by atoms with Crippen LogP contribution >= 0.6 is 0 Å². The highest BCUT2D eigenvalue weighted by Gasteiger charge is 2.30. The van der Waals surface area contributed by atoms with Crippen molar-refractivity contribution in [3.63, 3.8) is 0 Å². The molecular weight excluding hydrogens is 378 g/mol. The first-order chi connectivity index (χ1) is 14.4. The maximum Gasteiger partial charge on any atom is 0.270 e. The number of hydrogen-bond donors (Lipinski definition) is 2. The molecule has 0 bridgehead atoms. The Morgan fingerprint density at radius 2 is 1.73 bits per heavy atom. The average Bonchev–Trinajstić information content (AvgIpc) is 3.03. The molecule has 2 N–H and O–H groups in total. The summed E-state index contributed by atoms with van der Waals surface area (Å²) in [6, 6.07) is 0. The van der Waals surface area contributed by atoms with Gasteiger partial charge in [0.15, 0.2) is 0 Å². The van der Waals surface area contributed by atoms with Crippen molar-refractivity contribution in [1.29, 1.82) is 0 Å². The molecule has 168 valence electrons. The summed E-state index contributed by atoms with van der Waals surface area (Å²) in [6.07, 6.45) is 2.72. The molecule has 0 aromatic carbocycles. The van der Waals surface area contributed by atoms with Gasteiger partial charge in [-0.15, -0.1) is 0 Å². The molecule has 1 aromatic rings. The fraction of sp³-hybridized carbons (Fsp3) is 0.739. The fourth-order valence-corrected chi connectivity index (χ4v) is 4.58. The van der Waals surface area contributed by atoms with Crippen LogP contribution in [0.2, 0.25) is 0 Å². The van der Waals surface area contributed by atoms with Gasteiger partial charge in [-0.05, 0) is 64.3 Å². The first kappa shape index (κ1) is 22.8. The largest absolute Gasteiger partial charge is 0.356 e. The van der Waals surface area contributed by atoms with E-state index >= 15 is 0 Å². The number of carbonyl (C=O) groups excluding carboxylic acids is 2. The Morgan fingerprint density at radius 3 is 2.37 bits per heavy atom. The molecule has 1 unspecified atom stereocenters. The van der Waals surface area contributed by atoms with Crippen LogP contribution in [0.1, 0.15) is 53.5 Å². The number of piperazine rings is 1. The third-order valence-corrected chi connectivity index (χ3v) is 6.97. The monoisotopic (exact) mass is 417 g/mol. The first-order valence-electron chi connectivity index (χ1n) is 11.6. The molecule has 7 nitrogen and oxygen atoms in total. The van der Waals surface area contributed by atoms with Gasteiger partial charge < -0.3 is 25.0 Å². The molecule has 0 radical (unpaired) electrons. The highest BCUT2D eigenvalue weighted by Crippen LogP contribution is 2.22. The highest BCUT2D eigenvalue weighted by molar-refractivity contribution is 5.95. The van der Waals surface area contributed by atoms with E-state index in [-0.39, 0.29) is 17.7 Å². The maximum atomic E-state index is 13.0. The van der Waals surface area contributed by atoms with Crippen LogP contribution in [0.25, 0.3) is 0 Å². The Bertz CT molecular complexity index is 736. The Labute approximate surface area is 181 Å². The Kier molecular flexibility index (Phi) is 7.94. The number of likely N-dealkylation sites (N-methyl/N-ethyl adjacent to an activating group) is 1. The summed E-state index contributed by atoms with van der Waals surface area (Å²) in [6.45, 7) is 16.9. The van der Waals surface area contributed by atoms with Crippen LogP contribution in [0.4, 0.5) is 0 Å². The quantitative estimate of drug-likeness (QED) is 0.665. The zero-order valence-electron chi connectivity index (χ0n) is 19.2. The van der Waals surface area contributed by atoms with Crippen molar-refractivity contribution >= 4 is 11.8 Å². The molecule has 2 fully saturated rings. The average molecular weight is 418 g/mol. The molecule has 2 aliphatic heterocycles. The summed E-state index contributed by atoms with van der Waals surface area (Å²) in [5, 5.41) is 3.11. The van der Waals surface area contributed by atoms with E-state index in [0.29, 0.717) is 18.8 Å². The SMILES string of the molecule is CCN1CCN(CCCNC(=O)C2CCCN(C(=O)c3[nH]c(C)c(C)c3C)C2)CC1. The number of rotatable bonds is 7. The summed E-state index contributed by atoms with van der Waals surface area (Å²) in [4.78, 5) is 35.7. The van der Waals surface area contributed by atoms with Gasteiger partial charge in [0, 0.05) is 51.5 Å². The molecule has 3 heterocycles. The van der Waals surface area contributed by atoms with Crippen LogP contribution in [0, 0.1) is 26.7 Å². The van der Waals surface area contributed by atoms with E-state index in [9.17, 15) is 9.59 Å². The third kappa shape index (κ3) is 5.43. The maximum absolute atomic E-state index is 13.0. The Hall–Kier alpha value is -1.86. The molecule has 1 atom stereocenters. The van der Waals surface area contributed by atoms with E-state index in [2.05, 4.69) is 27.0 Å². The Balaban J connectivity index is 1.42. The molecule has 2 aliphatic rings. The lowest BCUT2D eigenvalue weighted by molar-refractivity contribution is -0.126. The molecule has 0 saturated carbocycles. The number of aryl methyl sites for hydroxylation is 1. The van der Waals surface area contributed by atoms with Gasteiger partial charge in [0.05, 0.1) is 5.92 Å². The predicted molar refractivity (Wildman–Crippen MR) is 120 cm³/mol. The van der Waals surface area contributed by atoms with Gasteiger partial charge >= 0.3 is 0 Å². The van der Waals surface area contributed by atoms with Gasteiger partial charge in [0.25, 0.3) is 5.91 Å². The van der Waals surface area contributed by atoms with Crippen molar-refractivity contribution in [1.82, 2.24) is 25.0 Å². The number of piperidine rings is 1. The minimum atomic E-state index is -0.103. The second kappa shape index (κ2) is 10.4. The first-order valence-corrected chi connectivity index (χ1v) is 11.6. The van der Waals surface area contributed by atoms with Crippen LogP contribution < -0.4 is 5.32 Å². The van der Waals surface area contributed by atoms with Crippen molar-refractivity contribution in [3.8, 4) is 0 Å². The number of nitrogens with one attached hydrogen (secondary N) is 2. The van der Waals surface area contributed by atoms with Crippen LogP contribution in [0.3, 0.4) is 0 Å². The molecule has 7 heteroatoms. The van der Waals surface area contributed by atoms with E-state index < -0.39 is 0 Å². The predicted octanol–water partition coefficient (Wildman–Crippen LogP) is 1.94. The molecule has 30 heavy (non-hydrogen) atoms. The number of carbonyl (C=O) groups is 2. The minimum absolute atomic E-state index is 0.0208. The molecule has 2 saturated heterocycles. The second-order valence-corrected chi connectivity index (χ2v) is 8.89. The van der Waals surface area contributed by atoms with Gasteiger partial charge in [0.2, 0.25) is 5.91 Å². The third-order valence-electron chi connectivity index (χ3n) is 6.97. The van der Waals surface area contributed by atoms with E-state index in [1.807, 2.05) is 25.7 Å². The van der Waals surface area contributed by atoms with E-state index in [1.165, 1.54) is 0 Å². The number of hydrogen-bond acceptors (Lipinski definition) is 4. The van der Waals surface area contributed by atoms with Gasteiger partial charge in [-0.3, -0.25) is 9.59 Å². The lowest BCUT2D eigenvalue weighted by Gasteiger charge is -2.34. The standard InChI is InChI=1S/C23H39N5O2/c1-5-26-12-14-27(15-13-26)10-7-9-24-22(29)20-8-6-11-28(16-20)23(30)21-18(3)17(2)19(4)25-21/h20,25H,5-16H2,1-4H3,(H,24,29). The summed E-state index contributed by atoms with van der Waals surface area (Å²) >= 11 is 0. The van der Waals surface area contributed by atoms with Gasteiger partial charge in [-0.25, -0.2) is 0 Å². The summed E-state index contributed by atoms with van der Waals surface area (Å²) in [5.74, 6) is 0.0135. The molecule has 3 rings (SSSR count). The normalized spacial score (nSPS) is 21.1. The van der Waals surface area contributed by atoms with E-state index in [1.54, 1.807) is 0 Å². The zero-order valence-corrected chi connectivity index (χ0v) is 19.2. The number of nitrogens with zero attached hydrogens (tertiary/aromatic N) is 3. The molecule has 0 aliphatic carbocycles. The van der Waals surface area contributed by atoms with Crippen LogP contribution in [-0.2, 0) is 4.79 Å².